The maximum Gasteiger partial charge on any atom is 0.255 e. The Balaban J connectivity index is 1.56. The van der Waals surface area contributed by atoms with Crippen LogP contribution in [0.4, 0.5) is 0 Å². The molecular formula is C15H21NO4. The van der Waals surface area contributed by atoms with Crippen molar-refractivity contribution in [3.8, 4) is 5.75 Å². The Morgan fingerprint density at radius 1 is 1.45 bits per heavy atom. The smallest absolute Gasteiger partial charge is 0.255 e. The minimum atomic E-state index is -0.262. The molecule has 2 N–H and O–H groups in total. The van der Waals surface area contributed by atoms with Gasteiger partial charge in [-0.05, 0) is 31.4 Å². The molecule has 0 unspecified atom stereocenters. The summed E-state index contributed by atoms with van der Waals surface area (Å²) in [5.41, 5.74) is 0.299. The quantitative estimate of drug-likeness (QED) is 0.746. The summed E-state index contributed by atoms with van der Waals surface area (Å²) in [6, 6.07) is 6.50. The molecule has 1 heterocycles. The number of ether oxygens (including phenoxy) is 2. The largest absolute Gasteiger partial charge is 0.507 e. The number of para-hydroxylation sites is 1. The fraction of sp³-hybridized carbons (Fsp3) is 0.533. The first-order valence-corrected chi connectivity index (χ1v) is 7.03. The Kier molecular flexibility index (Phi) is 5.83. The maximum absolute atomic E-state index is 11.8. The first-order valence-electron chi connectivity index (χ1n) is 7.03. The van der Waals surface area contributed by atoms with E-state index in [-0.39, 0.29) is 17.8 Å². The van der Waals surface area contributed by atoms with E-state index in [1.165, 1.54) is 6.07 Å². The summed E-state index contributed by atoms with van der Waals surface area (Å²) in [6.45, 7) is 2.59. The monoisotopic (exact) mass is 279 g/mol. The molecule has 20 heavy (non-hydrogen) atoms. The van der Waals surface area contributed by atoms with Crippen LogP contribution in [0.2, 0.25) is 0 Å². The van der Waals surface area contributed by atoms with Crippen LogP contribution >= 0.6 is 0 Å². The number of carbonyl (C=O) groups is 1. The van der Waals surface area contributed by atoms with Gasteiger partial charge < -0.3 is 19.9 Å². The van der Waals surface area contributed by atoms with E-state index in [2.05, 4.69) is 5.32 Å². The Labute approximate surface area is 118 Å². The molecule has 0 radical (unpaired) electrons. The highest BCUT2D eigenvalue weighted by Crippen LogP contribution is 2.15. The van der Waals surface area contributed by atoms with Crippen LogP contribution in [-0.4, -0.2) is 43.5 Å². The standard InChI is InChI=1S/C15H21NO4/c17-14-7-2-1-6-13(14)15(18)16-8-4-9-19-11-12-5-3-10-20-12/h1-2,6-7,12,17H,3-5,8-11H2,(H,16,18)/t12-/m1/s1. The van der Waals surface area contributed by atoms with E-state index in [1.807, 2.05) is 0 Å². The number of hydrogen-bond acceptors (Lipinski definition) is 4. The van der Waals surface area contributed by atoms with E-state index in [4.69, 9.17) is 9.47 Å². The van der Waals surface area contributed by atoms with Gasteiger partial charge in [0.25, 0.3) is 5.91 Å². The number of benzene rings is 1. The summed E-state index contributed by atoms with van der Waals surface area (Å²) < 4.78 is 10.9. The van der Waals surface area contributed by atoms with Crippen molar-refractivity contribution in [1.29, 1.82) is 0 Å². The summed E-state index contributed by atoms with van der Waals surface area (Å²) in [4.78, 5) is 11.8. The average molecular weight is 279 g/mol. The van der Waals surface area contributed by atoms with Crippen molar-refractivity contribution in [2.45, 2.75) is 25.4 Å². The van der Waals surface area contributed by atoms with E-state index in [0.29, 0.717) is 25.3 Å². The second-order valence-corrected chi connectivity index (χ2v) is 4.84. The molecule has 0 bridgehead atoms. The van der Waals surface area contributed by atoms with E-state index in [9.17, 15) is 9.90 Å². The molecule has 1 aliphatic rings. The van der Waals surface area contributed by atoms with Crippen molar-refractivity contribution in [3.63, 3.8) is 0 Å². The van der Waals surface area contributed by atoms with Gasteiger partial charge in [-0.1, -0.05) is 12.1 Å². The van der Waals surface area contributed by atoms with Gasteiger partial charge >= 0.3 is 0 Å². The SMILES string of the molecule is O=C(NCCCOC[C@H]1CCCO1)c1ccccc1O. The molecule has 0 aromatic heterocycles. The normalized spacial score (nSPS) is 18.1. The molecule has 1 aromatic carbocycles. The highest BCUT2D eigenvalue weighted by molar-refractivity contribution is 5.96. The van der Waals surface area contributed by atoms with Crippen LogP contribution in [0, 0.1) is 0 Å². The highest BCUT2D eigenvalue weighted by atomic mass is 16.5. The van der Waals surface area contributed by atoms with Gasteiger partial charge in [-0.25, -0.2) is 0 Å². The summed E-state index contributed by atoms with van der Waals surface area (Å²) in [5, 5.41) is 12.3. The maximum atomic E-state index is 11.8. The number of phenolic OH excluding ortho intramolecular Hbond substituents is 1. The summed E-state index contributed by atoms with van der Waals surface area (Å²) in [5.74, 6) is -0.262. The van der Waals surface area contributed by atoms with E-state index < -0.39 is 0 Å². The van der Waals surface area contributed by atoms with Gasteiger partial charge in [-0.2, -0.15) is 0 Å². The van der Waals surface area contributed by atoms with Crippen LogP contribution in [0.5, 0.6) is 5.75 Å². The molecule has 1 aliphatic heterocycles. The number of nitrogens with one attached hydrogen (secondary N) is 1. The Morgan fingerprint density at radius 2 is 2.30 bits per heavy atom. The second kappa shape index (κ2) is 7.87. The highest BCUT2D eigenvalue weighted by Gasteiger charge is 2.15. The van der Waals surface area contributed by atoms with Crippen molar-refractivity contribution in [2.24, 2.45) is 0 Å². The Hall–Kier alpha value is -1.59. The number of amides is 1. The topological polar surface area (TPSA) is 67.8 Å². The van der Waals surface area contributed by atoms with Crippen LogP contribution in [0.15, 0.2) is 24.3 Å². The number of hydrogen-bond donors (Lipinski definition) is 2. The predicted molar refractivity (Wildman–Crippen MR) is 74.9 cm³/mol. The van der Waals surface area contributed by atoms with E-state index in [1.54, 1.807) is 18.2 Å². The number of rotatable bonds is 7. The molecule has 2 rings (SSSR count). The molecule has 1 amide bonds. The van der Waals surface area contributed by atoms with Gasteiger partial charge in [0.15, 0.2) is 0 Å². The third-order valence-electron chi connectivity index (χ3n) is 3.23. The van der Waals surface area contributed by atoms with Crippen LogP contribution < -0.4 is 5.32 Å². The lowest BCUT2D eigenvalue weighted by molar-refractivity contribution is 0.0166. The van der Waals surface area contributed by atoms with Crippen molar-refractivity contribution < 1.29 is 19.4 Å². The number of aromatic hydroxyl groups is 1. The van der Waals surface area contributed by atoms with Gasteiger partial charge in [0.2, 0.25) is 0 Å². The molecular weight excluding hydrogens is 258 g/mol. The molecule has 110 valence electrons. The van der Waals surface area contributed by atoms with Crippen molar-refractivity contribution >= 4 is 5.91 Å². The molecule has 5 nitrogen and oxygen atoms in total. The Bertz CT molecular complexity index is 430. The lowest BCUT2D eigenvalue weighted by atomic mass is 10.2. The third-order valence-corrected chi connectivity index (χ3v) is 3.23. The number of phenols is 1. The van der Waals surface area contributed by atoms with Gasteiger partial charge in [-0.15, -0.1) is 0 Å². The zero-order valence-electron chi connectivity index (χ0n) is 11.5. The third kappa shape index (κ3) is 4.51. The first-order chi connectivity index (χ1) is 9.77. The lowest BCUT2D eigenvalue weighted by Crippen LogP contribution is -2.25. The van der Waals surface area contributed by atoms with Crippen LogP contribution in [0.3, 0.4) is 0 Å². The Morgan fingerprint density at radius 3 is 3.05 bits per heavy atom. The van der Waals surface area contributed by atoms with Gasteiger partial charge in [0.05, 0.1) is 18.3 Å². The van der Waals surface area contributed by atoms with Crippen LogP contribution in [0.25, 0.3) is 0 Å². The second-order valence-electron chi connectivity index (χ2n) is 4.84. The lowest BCUT2D eigenvalue weighted by Gasteiger charge is -2.10. The number of carbonyl (C=O) groups excluding carboxylic acids is 1. The van der Waals surface area contributed by atoms with E-state index >= 15 is 0 Å². The molecule has 1 atom stereocenters. The first kappa shape index (κ1) is 14.8. The molecule has 1 fully saturated rings. The van der Waals surface area contributed by atoms with E-state index in [0.717, 1.165) is 25.9 Å². The van der Waals surface area contributed by atoms with Crippen molar-refractivity contribution in [2.75, 3.05) is 26.4 Å². The van der Waals surface area contributed by atoms with Crippen LogP contribution in [-0.2, 0) is 9.47 Å². The van der Waals surface area contributed by atoms with Gasteiger partial charge in [0, 0.05) is 19.8 Å². The summed E-state index contributed by atoms with van der Waals surface area (Å²) >= 11 is 0. The van der Waals surface area contributed by atoms with Gasteiger partial charge in [-0.3, -0.25) is 4.79 Å². The molecule has 1 aromatic rings. The van der Waals surface area contributed by atoms with Crippen LogP contribution in [0.1, 0.15) is 29.6 Å². The summed E-state index contributed by atoms with van der Waals surface area (Å²) in [6.07, 6.45) is 3.17. The molecule has 1 saturated heterocycles. The fourth-order valence-electron chi connectivity index (χ4n) is 2.13. The minimum absolute atomic E-state index is 0.000341. The van der Waals surface area contributed by atoms with Crippen molar-refractivity contribution in [1.82, 2.24) is 5.32 Å². The molecule has 0 saturated carbocycles. The fourth-order valence-corrected chi connectivity index (χ4v) is 2.13. The average Bonchev–Trinajstić information content (AvgIpc) is 2.96. The zero-order valence-corrected chi connectivity index (χ0v) is 11.5. The van der Waals surface area contributed by atoms with Crippen molar-refractivity contribution in [3.05, 3.63) is 29.8 Å². The molecule has 0 spiro atoms. The zero-order chi connectivity index (χ0) is 14.2. The molecule has 0 aliphatic carbocycles. The molecule has 5 heteroatoms. The minimum Gasteiger partial charge on any atom is -0.507 e. The predicted octanol–water partition coefficient (Wildman–Crippen LogP) is 1.71. The summed E-state index contributed by atoms with van der Waals surface area (Å²) in [7, 11) is 0. The van der Waals surface area contributed by atoms with Gasteiger partial charge in [0.1, 0.15) is 5.75 Å².